The van der Waals surface area contributed by atoms with Gasteiger partial charge in [-0.1, -0.05) is 45.9 Å². The van der Waals surface area contributed by atoms with Gasteiger partial charge in [0.1, 0.15) is 12.6 Å². The van der Waals surface area contributed by atoms with E-state index in [4.69, 9.17) is 20.2 Å². The second-order valence-corrected chi connectivity index (χ2v) is 8.24. The van der Waals surface area contributed by atoms with Gasteiger partial charge in [-0.3, -0.25) is 9.59 Å². The van der Waals surface area contributed by atoms with Gasteiger partial charge < -0.3 is 19.8 Å². The molecule has 8 heteroatoms. The zero-order valence-corrected chi connectivity index (χ0v) is 19.1. The summed E-state index contributed by atoms with van der Waals surface area (Å²) in [6.45, 7) is 7.78. The minimum atomic E-state index is -1.33. The quantitative estimate of drug-likeness (QED) is 0.478. The maximum Gasteiger partial charge on any atom is 0.352 e. The Morgan fingerprint density at radius 2 is 1.94 bits per heavy atom. The molecule has 0 saturated heterocycles. The number of aromatic nitrogens is 2. The van der Waals surface area contributed by atoms with Crippen molar-refractivity contribution in [2.45, 2.75) is 53.0 Å². The first kappa shape index (κ1) is 22.7. The number of carbonyl (C=O) groups excluding carboxylic acids is 2. The van der Waals surface area contributed by atoms with Gasteiger partial charge in [0, 0.05) is 16.5 Å². The molecule has 172 valence electrons. The number of nitrogens with zero attached hydrogens (tertiary/aromatic N) is 2. The van der Waals surface area contributed by atoms with Crippen LogP contribution in [0.25, 0.3) is 22.3 Å². The molecule has 0 spiro atoms. The summed E-state index contributed by atoms with van der Waals surface area (Å²) >= 11 is 0. The minimum Gasteiger partial charge on any atom is -0.458 e. The van der Waals surface area contributed by atoms with Crippen LogP contribution in [-0.4, -0.2) is 27.5 Å². The molecule has 2 aromatic heterocycles. The van der Waals surface area contributed by atoms with Crippen molar-refractivity contribution in [2.75, 3.05) is 0 Å². The molecule has 33 heavy (non-hydrogen) atoms. The van der Waals surface area contributed by atoms with E-state index in [1.54, 1.807) is 24.5 Å². The van der Waals surface area contributed by atoms with Gasteiger partial charge in [0.15, 0.2) is 0 Å². The van der Waals surface area contributed by atoms with Gasteiger partial charge in [0.05, 0.1) is 29.0 Å². The van der Waals surface area contributed by atoms with Gasteiger partial charge in [-0.05, 0) is 24.1 Å². The number of para-hydroxylation sites is 1. The number of carbonyl (C=O) groups is 2. The highest BCUT2D eigenvalue weighted by Crippen LogP contribution is 2.36. The number of rotatable bonds is 3. The van der Waals surface area contributed by atoms with Gasteiger partial charge in [0.2, 0.25) is 6.10 Å². The second-order valence-electron chi connectivity index (χ2n) is 8.24. The van der Waals surface area contributed by atoms with E-state index in [0.29, 0.717) is 29.1 Å². The molecule has 3 aromatic rings. The lowest BCUT2D eigenvalue weighted by molar-refractivity contribution is -0.173. The average molecular weight is 450 g/mol. The Labute approximate surface area is 191 Å². The van der Waals surface area contributed by atoms with Crippen molar-refractivity contribution < 1.29 is 19.1 Å². The van der Waals surface area contributed by atoms with Crippen molar-refractivity contribution in [2.24, 2.45) is 11.7 Å². The fourth-order valence-corrected chi connectivity index (χ4v) is 4.04. The topological polar surface area (TPSA) is 114 Å². The average Bonchev–Trinajstić information content (AvgIpc) is 3.18. The van der Waals surface area contributed by atoms with Crippen LogP contribution in [0.4, 0.5) is 0 Å². The largest absolute Gasteiger partial charge is 0.458 e. The van der Waals surface area contributed by atoms with Gasteiger partial charge in [0.25, 0.3) is 5.56 Å². The van der Waals surface area contributed by atoms with Gasteiger partial charge in [-0.15, -0.1) is 0 Å². The second kappa shape index (κ2) is 8.78. The van der Waals surface area contributed by atoms with Gasteiger partial charge in [-0.25, -0.2) is 9.78 Å². The van der Waals surface area contributed by atoms with Crippen LogP contribution in [0, 0.1) is 5.92 Å². The Balaban J connectivity index is 0.00000126. The normalized spacial score (nSPS) is 16.8. The monoisotopic (exact) mass is 449 g/mol. The summed E-state index contributed by atoms with van der Waals surface area (Å²) in [6, 6.07) is 10.6. The Bertz CT molecular complexity index is 1310. The fraction of sp³-hybridized carbons (Fsp3) is 0.360. The first-order chi connectivity index (χ1) is 15.8. The number of ether oxygens (including phenoxy) is 2. The molecule has 2 unspecified atom stereocenters. The maximum atomic E-state index is 13.2. The molecule has 4 heterocycles. The highest BCUT2D eigenvalue weighted by molar-refractivity contribution is 5.86. The van der Waals surface area contributed by atoms with Crippen LogP contribution < -0.4 is 11.3 Å². The van der Waals surface area contributed by atoms with Crippen LogP contribution in [-0.2, 0) is 32.2 Å². The molecule has 2 N–H and O–H groups in total. The van der Waals surface area contributed by atoms with E-state index < -0.39 is 24.1 Å². The van der Waals surface area contributed by atoms with Crippen LogP contribution in [0.15, 0.2) is 41.2 Å². The molecule has 8 nitrogen and oxygen atoms in total. The molecule has 0 saturated carbocycles. The first-order valence-corrected chi connectivity index (χ1v) is 11.1. The van der Waals surface area contributed by atoms with Crippen LogP contribution >= 0.6 is 0 Å². The number of benzene rings is 1. The van der Waals surface area contributed by atoms with E-state index in [1.807, 2.05) is 44.2 Å². The van der Waals surface area contributed by atoms with Crippen molar-refractivity contribution in [1.29, 1.82) is 0 Å². The smallest absolute Gasteiger partial charge is 0.352 e. The molecular formula is C25H27N3O5. The number of pyridine rings is 2. The van der Waals surface area contributed by atoms with Crippen molar-refractivity contribution in [3.05, 3.63) is 63.4 Å². The van der Waals surface area contributed by atoms with Crippen LogP contribution in [0.3, 0.4) is 0 Å². The number of esters is 2. The van der Waals surface area contributed by atoms with Gasteiger partial charge in [-0.2, -0.15) is 0 Å². The number of hydrogen-bond acceptors (Lipinski definition) is 7. The minimum absolute atomic E-state index is 0.163. The Kier molecular flexibility index (Phi) is 6.03. The Hall–Kier alpha value is -3.52. The molecule has 0 aliphatic carbocycles. The van der Waals surface area contributed by atoms with Crippen molar-refractivity contribution in [1.82, 2.24) is 9.55 Å². The van der Waals surface area contributed by atoms with E-state index in [9.17, 15) is 14.4 Å². The predicted molar refractivity (Wildman–Crippen MR) is 123 cm³/mol. The number of nitrogens with two attached hydrogens (primary N) is 1. The molecule has 2 aliphatic heterocycles. The number of fused-ring (bicyclic) bond motifs is 5. The summed E-state index contributed by atoms with van der Waals surface area (Å²) in [6.07, 6.45) is -1.33. The summed E-state index contributed by atoms with van der Waals surface area (Å²) in [5.74, 6) is -1.60. The molecular weight excluding hydrogens is 422 g/mol. The summed E-state index contributed by atoms with van der Waals surface area (Å²) < 4.78 is 12.2. The van der Waals surface area contributed by atoms with Crippen LogP contribution in [0.2, 0.25) is 0 Å². The third-order valence-corrected chi connectivity index (χ3v) is 5.89. The van der Waals surface area contributed by atoms with E-state index in [1.165, 1.54) is 0 Å². The third kappa shape index (κ3) is 3.80. The molecule has 5 rings (SSSR count). The zero-order chi connectivity index (χ0) is 23.9. The van der Waals surface area contributed by atoms with E-state index >= 15 is 0 Å². The molecule has 0 radical (unpaired) electrons. The highest BCUT2D eigenvalue weighted by Gasteiger charge is 2.38. The molecule has 0 bridgehead atoms. The Morgan fingerprint density at radius 1 is 1.21 bits per heavy atom. The van der Waals surface area contributed by atoms with E-state index in [0.717, 1.165) is 16.5 Å². The lowest BCUT2D eigenvalue weighted by Crippen LogP contribution is -2.40. The molecule has 0 amide bonds. The van der Waals surface area contributed by atoms with Crippen LogP contribution in [0.5, 0.6) is 0 Å². The van der Waals surface area contributed by atoms with Crippen molar-refractivity contribution in [3.8, 4) is 11.4 Å². The lowest BCUT2D eigenvalue weighted by atomic mass is 9.99. The summed E-state index contributed by atoms with van der Waals surface area (Å²) in [7, 11) is 0. The lowest BCUT2D eigenvalue weighted by Gasteiger charge is -2.26. The summed E-state index contributed by atoms with van der Waals surface area (Å²) in [5.41, 5.74) is 9.23. The van der Waals surface area contributed by atoms with E-state index in [2.05, 4.69) is 0 Å². The molecule has 2 atom stereocenters. The van der Waals surface area contributed by atoms with Crippen molar-refractivity contribution in [3.63, 3.8) is 0 Å². The zero-order valence-electron chi connectivity index (χ0n) is 19.1. The van der Waals surface area contributed by atoms with E-state index in [-0.39, 0.29) is 18.1 Å². The molecule has 0 fully saturated rings. The number of cyclic esters (lactones) is 1. The number of hydrogen-bond donors (Lipinski definition) is 1. The SMILES string of the molecule is CC.CC(C)C(N)C(=O)OC1C(=O)OCc2c1cc1n(c2=O)Cc2cc3ccccc3nc2-1. The highest BCUT2D eigenvalue weighted by atomic mass is 16.6. The van der Waals surface area contributed by atoms with Crippen molar-refractivity contribution >= 4 is 22.8 Å². The Morgan fingerprint density at radius 3 is 2.67 bits per heavy atom. The molecule has 2 aliphatic rings. The maximum absolute atomic E-state index is 13.2. The summed E-state index contributed by atoms with van der Waals surface area (Å²) in [4.78, 5) is 42.8. The predicted octanol–water partition coefficient (Wildman–Crippen LogP) is 3.08. The summed E-state index contributed by atoms with van der Waals surface area (Å²) in [5, 5.41) is 0.986. The third-order valence-electron chi connectivity index (χ3n) is 5.89. The van der Waals surface area contributed by atoms with Gasteiger partial charge >= 0.3 is 11.9 Å². The molecule has 1 aromatic carbocycles. The first-order valence-electron chi connectivity index (χ1n) is 11.1. The standard InChI is InChI=1S/C23H21N3O5.C2H6/c1-11(2)18(24)22(28)31-20-14-8-17-19-13(7-12-5-3-4-6-16(12)25-19)9-26(17)21(27)15(14)10-30-23(20)29;1-2/h3-8,11,18,20H,9-10,24H2,1-2H3;1-2H3. The fourth-order valence-electron chi connectivity index (χ4n) is 4.04. The van der Waals surface area contributed by atoms with Crippen LogP contribution in [0.1, 0.15) is 50.5 Å².